The maximum Gasteiger partial charge on any atom is -1.00 e. The molecular weight excluding hydrogens is 865 g/mol. The zero-order valence-corrected chi connectivity index (χ0v) is 38.8. The van der Waals surface area contributed by atoms with Crippen LogP contribution in [-0.4, -0.2) is 8.07 Å². The van der Waals surface area contributed by atoms with Gasteiger partial charge in [-0.25, -0.2) is 0 Å². The summed E-state index contributed by atoms with van der Waals surface area (Å²) in [4.78, 5) is 0. The van der Waals surface area contributed by atoms with Crippen molar-refractivity contribution in [2.45, 2.75) is 52.0 Å². The second-order valence-corrected chi connectivity index (χ2v) is 21.0. The van der Waals surface area contributed by atoms with Crippen molar-refractivity contribution in [2.75, 3.05) is 0 Å². The van der Waals surface area contributed by atoms with Crippen LogP contribution in [-0.2, 0) is 39.7 Å². The summed E-state index contributed by atoms with van der Waals surface area (Å²) in [6.07, 6.45) is 2.34. The number of allylic oxidation sites excluding steroid dienone is 4. The summed E-state index contributed by atoms with van der Waals surface area (Å²) >= 11 is 24.1. The van der Waals surface area contributed by atoms with Gasteiger partial charge in [-0.05, 0) is 0 Å². The molecule has 0 fully saturated rings. The number of benzene rings is 6. The van der Waals surface area contributed by atoms with Crippen molar-refractivity contribution in [1.82, 2.24) is 0 Å². The van der Waals surface area contributed by atoms with E-state index in [2.05, 4.69) is 194 Å². The molecule has 0 bridgehead atoms. The van der Waals surface area contributed by atoms with Gasteiger partial charge in [0.25, 0.3) is 0 Å². The molecule has 0 aromatic heterocycles. The topological polar surface area (TPSA) is 0 Å². The van der Waals surface area contributed by atoms with Gasteiger partial charge in [-0.3, -0.25) is 0 Å². The van der Waals surface area contributed by atoms with Gasteiger partial charge in [0, 0.05) is 0 Å². The van der Waals surface area contributed by atoms with Crippen molar-refractivity contribution in [3.63, 3.8) is 0 Å². The largest absolute Gasteiger partial charge is 1.00 e. The Morgan fingerprint density at radius 3 is 1.02 bits per heavy atom. The summed E-state index contributed by atoms with van der Waals surface area (Å²) in [5.41, 5.74) is 11.4. The molecule has 0 saturated carbocycles. The van der Waals surface area contributed by atoms with E-state index in [0.717, 1.165) is 34.3 Å². The molecule has 1 aliphatic carbocycles. The van der Waals surface area contributed by atoms with Crippen LogP contribution in [0.3, 0.4) is 0 Å². The van der Waals surface area contributed by atoms with Gasteiger partial charge in [-0.1, -0.05) is 0 Å². The first kappa shape index (κ1) is 46.2. The average Bonchev–Trinajstić information content (AvgIpc) is 3.28. The van der Waals surface area contributed by atoms with Crippen LogP contribution in [0.5, 0.6) is 0 Å². The zero-order chi connectivity index (χ0) is 37.3. The van der Waals surface area contributed by atoms with Crippen LogP contribution in [0, 0.1) is 0 Å². The Bertz CT molecular complexity index is 2110. The summed E-state index contributed by atoms with van der Waals surface area (Å²) in [5.74, 6) is 0. The molecule has 0 aliphatic heterocycles. The third-order valence-electron chi connectivity index (χ3n) is 11.4. The third-order valence-corrected chi connectivity index (χ3v) is 19.4. The molecule has 0 heterocycles. The van der Waals surface area contributed by atoms with Crippen LogP contribution in [0.1, 0.15) is 61.1 Å². The summed E-state index contributed by atoms with van der Waals surface area (Å²) in [7, 11) is -3.23. The van der Waals surface area contributed by atoms with Crippen LogP contribution in [0.25, 0.3) is 0 Å². The molecule has 56 heavy (non-hydrogen) atoms. The van der Waals surface area contributed by atoms with Crippen molar-refractivity contribution < 1.29 is 57.7 Å². The second kappa shape index (κ2) is 19.5. The van der Waals surface area contributed by atoms with Crippen molar-refractivity contribution in [2.24, 2.45) is 0 Å². The normalized spacial score (nSPS) is 15.2. The summed E-state index contributed by atoms with van der Waals surface area (Å²) in [5, 5.41) is 5.59. The van der Waals surface area contributed by atoms with E-state index in [1.165, 1.54) is 69.5 Å². The molecule has 0 N–H and O–H groups in total. The van der Waals surface area contributed by atoms with E-state index in [1.54, 1.807) is 0 Å². The Labute approximate surface area is 379 Å². The Kier molecular flexibility index (Phi) is 16.1. The molecule has 6 aromatic carbocycles. The Morgan fingerprint density at radius 1 is 0.446 bits per heavy atom. The van der Waals surface area contributed by atoms with Crippen molar-refractivity contribution >= 4 is 58.4 Å². The number of halogens is 6. The quantitative estimate of drug-likeness (QED) is 0.147. The van der Waals surface area contributed by atoms with Gasteiger partial charge in [0.2, 0.25) is 0 Å². The van der Waals surface area contributed by atoms with E-state index < -0.39 is 8.07 Å². The average molecular weight is 908 g/mol. The molecule has 1 unspecified atom stereocenters. The molecule has 6 aromatic rings. The first-order valence-corrected chi connectivity index (χ1v) is 22.0. The smallest absolute Gasteiger partial charge is 1.00 e. The Morgan fingerprint density at radius 2 is 0.750 bits per heavy atom. The van der Waals surface area contributed by atoms with Gasteiger partial charge >= 0.3 is 346 Å². The van der Waals surface area contributed by atoms with Crippen molar-refractivity contribution in [3.8, 4) is 0 Å². The minimum Gasteiger partial charge on any atom is -1.00 e. The first-order valence-electron chi connectivity index (χ1n) is 18.1. The molecule has 284 valence electrons. The fourth-order valence-corrected chi connectivity index (χ4v) is 17.5. The van der Waals surface area contributed by atoms with Gasteiger partial charge < -0.3 is 37.2 Å². The maximum absolute atomic E-state index is 7.27. The molecule has 0 spiro atoms. The van der Waals surface area contributed by atoms with E-state index in [-0.39, 0.29) is 42.3 Å². The standard InChI is InChI=1S/C48H42Cl3Si.3ClH.Ti/c1-33-32-48(4,35(3)34(33)2)52(45-26-39(23-42(49)29-45)20-36-14-8-5-9-15-36,46-27-40(24-43(50)30-46)21-37-16-10-6-11-17-37)47-28-41(25-44(51)31-47)22-38-18-12-7-13-19-38;;;;/h5-19,23-31H,20-22H2,1-4H3;3*1H;/q;;;;+3/p-3. The van der Waals surface area contributed by atoms with Crippen LogP contribution < -0.4 is 52.8 Å². The van der Waals surface area contributed by atoms with Crippen LogP contribution in [0.2, 0.25) is 20.1 Å². The molecule has 7 rings (SSSR count). The van der Waals surface area contributed by atoms with Gasteiger partial charge in [-0.15, -0.1) is 0 Å². The van der Waals surface area contributed by atoms with Gasteiger partial charge in [0.1, 0.15) is 0 Å². The van der Waals surface area contributed by atoms with E-state index in [1.807, 2.05) is 0 Å². The molecule has 0 radical (unpaired) electrons. The summed E-state index contributed by atoms with van der Waals surface area (Å²) in [6.45, 7) is 9.40. The molecule has 0 amide bonds. The van der Waals surface area contributed by atoms with Crippen molar-refractivity contribution in [1.29, 1.82) is 0 Å². The monoisotopic (exact) mass is 904 g/mol. The number of rotatable bonds is 10. The van der Waals surface area contributed by atoms with Crippen molar-refractivity contribution in [3.05, 3.63) is 215 Å². The predicted molar refractivity (Wildman–Crippen MR) is 226 cm³/mol. The predicted octanol–water partition coefficient (Wildman–Crippen LogP) is 2.83. The van der Waals surface area contributed by atoms with E-state index in [4.69, 9.17) is 34.8 Å². The summed E-state index contributed by atoms with van der Waals surface area (Å²) < 4.78 is 1.39. The fourth-order valence-electron chi connectivity index (χ4n) is 8.64. The third kappa shape index (κ3) is 9.03. The van der Waals surface area contributed by atoms with Crippen LogP contribution >= 0.6 is 34.8 Å². The minimum absolute atomic E-state index is 0. The molecule has 1 atom stereocenters. The SMILES string of the molecule is CC1=C(C)C(C)([Si](c2cc(Cl)cc(Cc3ccccc3)c2)(c2cc(Cl)cc(Cc3ccccc3)c2)c2cc(Cl)cc(Cc3ccccc3)c2)[C]([Ti+3])=C1C.[Cl-].[Cl-].[Cl-]. The number of hydrogen-bond donors (Lipinski definition) is 0. The molecule has 0 nitrogen and oxygen atoms in total. The minimum atomic E-state index is -3.23. The van der Waals surface area contributed by atoms with Gasteiger partial charge in [0.15, 0.2) is 0 Å². The second-order valence-electron chi connectivity index (χ2n) is 14.7. The van der Waals surface area contributed by atoms with Gasteiger partial charge in [-0.2, -0.15) is 0 Å². The number of hydrogen-bond acceptors (Lipinski definition) is 0. The zero-order valence-electron chi connectivity index (χ0n) is 31.7. The summed E-state index contributed by atoms with van der Waals surface area (Å²) in [6, 6.07) is 52.4. The van der Waals surface area contributed by atoms with E-state index in [9.17, 15) is 0 Å². The van der Waals surface area contributed by atoms with Crippen LogP contribution in [0.4, 0.5) is 0 Å². The van der Waals surface area contributed by atoms with E-state index in [0.29, 0.717) is 0 Å². The van der Waals surface area contributed by atoms with Gasteiger partial charge in [0.05, 0.1) is 0 Å². The first-order chi connectivity index (χ1) is 25.5. The fraction of sp³-hybridized carbons (Fsp3) is 0.167. The maximum atomic E-state index is 7.27. The van der Waals surface area contributed by atoms with Crippen LogP contribution in [0.15, 0.2) is 166 Å². The molecule has 0 saturated heterocycles. The molecule has 1 aliphatic rings. The molecular formula is C48H42Cl6SiTi. The van der Waals surface area contributed by atoms with E-state index >= 15 is 0 Å². The Balaban J connectivity index is 0.00000232. The molecule has 8 heteroatoms. The Hall–Kier alpha value is -2.53.